The zero-order valence-corrected chi connectivity index (χ0v) is 10.0. The lowest BCUT2D eigenvalue weighted by atomic mass is 10.2. The average molecular weight is 262 g/mol. The summed E-state index contributed by atoms with van der Waals surface area (Å²) in [5.41, 5.74) is 3.80. The van der Waals surface area contributed by atoms with Gasteiger partial charge in [-0.15, -0.1) is 0 Å². The molecule has 0 saturated carbocycles. The van der Waals surface area contributed by atoms with Gasteiger partial charge in [0.25, 0.3) is 11.4 Å². The number of hydrogen-bond donors (Lipinski definition) is 2. The van der Waals surface area contributed by atoms with Crippen molar-refractivity contribution in [3.05, 3.63) is 48.5 Å². The van der Waals surface area contributed by atoms with Crippen LogP contribution in [-0.2, 0) is 11.4 Å². The van der Waals surface area contributed by atoms with E-state index in [4.69, 9.17) is 13.3 Å². The fourth-order valence-corrected chi connectivity index (χ4v) is 1.57. The molecule has 2 aromatic carbocycles. The molecule has 1 aromatic heterocycles. The van der Waals surface area contributed by atoms with E-state index in [-0.39, 0.29) is 0 Å². The van der Waals surface area contributed by atoms with Gasteiger partial charge in [-0.2, -0.15) is 4.21 Å². The van der Waals surface area contributed by atoms with Gasteiger partial charge in [0.05, 0.1) is 22.1 Å². The van der Waals surface area contributed by atoms with Crippen molar-refractivity contribution >= 4 is 33.4 Å². The molecule has 0 aliphatic heterocycles. The van der Waals surface area contributed by atoms with Crippen LogP contribution < -0.4 is 0 Å². The number of fused-ring (bicyclic) bond motifs is 2. The first kappa shape index (κ1) is 12.6. The second kappa shape index (κ2) is 5.63. The minimum absolute atomic E-state index is 0.950. The summed E-state index contributed by atoms with van der Waals surface area (Å²) in [6.07, 6.45) is 0. The third-order valence-corrected chi connectivity index (χ3v) is 2.25. The summed E-state index contributed by atoms with van der Waals surface area (Å²) in [5.74, 6) is 0. The second-order valence-corrected chi connectivity index (χ2v) is 3.89. The molecule has 18 heavy (non-hydrogen) atoms. The Morgan fingerprint density at radius 3 is 1.17 bits per heavy atom. The van der Waals surface area contributed by atoms with Gasteiger partial charge in [0.2, 0.25) is 0 Å². The van der Waals surface area contributed by atoms with Crippen molar-refractivity contribution in [2.75, 3.05) is 0 Å². The summed E-state index contributed by atoms with van der Waals surface area (Å²) < 4.78 is 22.8. The van der Waals surface area contributed by atoms with E-state index in [1.165, 1.54) is 0 Å². The SMILES string of the molecule is O=S(O)O.c1ccc2nc3ccccc3nc2c1. The van der Waals surface area contributed by atoms with Gasteiger partial charge in [-0.3, -0.25) is 9.11 Å². The van der Waals surface area contributed by atoms with Crippen LogP contribution in [0.5, 0.6) is 0 Å². The molecule has 6 heteroatoms. The highest BCUT2D eigenvalue weighted by atomic mass is 32.2. The quantitative estimate of drug-likeness (QED) is 0.480. The number of aromatic nitrogens is 2. The van der Waals surface area contributed by atoms with Gasteiger partial charge in [-0.05, 0) is 24.3 Å². The molecule has 0 aliphatic rings. The maximum atomic E-state index is 8.67. The summed E-state index contributed by atoms with van der Waals surface area (Å²) >= 11 is -2.61. The molecule has 0 spiro atoms. The van der Waals surface area contributed by atoms with Crippen LogP contribution in [0.4, 0.5) is 0 Å². The van der Waals surface area contributed by atoms with Crippen LogP contribution >= 0.6 is 0 Å². The standard InChI is InChI=1S/C12H8N2.H2O3S/c1-2-6-10-9(5-1)13-11-7-3-4-8-12(11)14-10;1-4(2)3/h1-8H;(H2,1,2,3). The van der Waals surface area contributed by atoms with Crippen molar-refractivity contribution in [2.24, 2.45) is 0 Å². The molecule has 5 nitrogen and oxygen atoms in total. The Hall–Kier alpha value is -1.89. The van der Waals surface area contributed by atoms with Gasteiger partial charge in [0.15, 0.2) is 0 Å². The highest BCUT2D eigenvalue weighted by Crippen LogP contribution is 2.14. The highest BCUT2D eigenvalue weighted by Gasteiger charge is 1.98. The Morgan fingerprint density at radius 1 is 0.722 bits per heavy atom. The lowest BCUT2D eigenvalue weighted by molar-refractivity contribution is 0.454. The average Bonchev–Trinajstić information content (AvgIpc) is 2.35. The summed E-state index contributed by atoms with van der Waals surface area (Å²) in [5, 5.41) is 0. The Bertz CT molecular complexity index is 594. The van der Waals surface area contributed by atoms with Crippen LogP contribution in [0.2, 0.25) is 0 Å². The predicted octanol–water partition coefficient (Wildman–Crippen LogP) is 2.46. The molecule has 1 heterocycles. The van der Waals surface area contributed by atoms with E-state index < -0.39 is 11.4 Å². The van der Waals surface area contributed by atoms with Gasteiger partial charge in [0, 0.05) is 0 Å². The van der Waals surface area contributed by atoms with E-state index in [1.54, 1.807) is 0 Å². The first-order valence-corrected chi connectivity index (χ1v) is 6.14. The zero-order valence-electron chi connectivity index (χ0n) is 9.22. The fourth-order valence-electron chi connectivity index (χ4n) is 1.57. The van der Waals surface area contributed by atoms with E-state index >= 15 is 0 Å². The third kappa shape index (κ3) is 3.07. The number of benzene rings is 2. The molecule has 3 rings (SSSR count). The Balaban J connectivity index is 0.000000267. The number of rotatable bonds is 0. The van der Waals surface area contributed by atoms with Crippen molar-refractivity contribution in [3.8, 4) is 0 Å². The first-order valence-electron chi connectivity index (χ1n) is 5.08. The third-order valence-electron chi connectivity index (χ3n) is 2.25. The lowest BCUT2D eigenvalue weighted by Gasteiger charge is -1.98. The highest BCUT2D eigenvalue weighted by molar-refractivity contribution is 7.73. The van der Waals surface area contributed by atoms with Crippen LogP contribution in [-0.4, -0.2) is 23.3 Å². The smallest absolute Gasteiger partial charge is 0.284 e. The summed E-state index contributed by atoms with van der Waals surface area (Å²) in [6.45, 7) is 0. The summed E-state index contributed by atoms with van der Waals surface area (Å²) in [4.78, 5) is 9.03. The van der Waals surface area contributed by atoms with E-state index in [0.717, 1.165) is 22.1 Å². The second-order valence-electron chi connectivity index (χ2n) is 3.43. The van der Waals surface area contributed by atoms with Crippen molar-refractivity contribution < 1.29 is 13.3 Å². The number of nitrogens with zero attached hydrogens (tertiary/aromatic N) is 2. The normalized spacial score (nSPS) is 10.4. The molecule has 0 radical (unpaired) electrons. The van der Waals surface area contributed by atoms with Gasteiger partial charge in [0.1, 0.15) is 0 Å². The minimum Gasteiger partial charge on any atom is -0.284 e. The van der Waals surface area contributed by atoms with Crippen LogP contribution in [0.15, 0.2) is 48.5 Å². The molecule has 0 unspecified atom stereocenters. The van der Waals surface area contributed by atoms with Crippen LogP contribution in [0, 0.1) is 0 Å². The summed E-state index contributed by atoms with van der Waals surface area (Å²) in [7, 11) is 0. The monoisotopic (exact) mass is 262 g/mol. The van der Waals surface area contributed by atoms with Crippen molar-refractivity contribution in [1.82, 2.24) is 9.97 Å². The fraction of sp³-hybridized carbons (Fsp3) is 0. The molecule has 0 aliphatic carbocycles. The largest absolute Gasteiger partial charge is 0.299 e. The van der Waals surface area contributed by atoms with Gasteiger partial charge >= 0.3 is 0 Å². The maximum Gasteiger partial charge on any atom is 0.299 e. The number of para-hydroxylation sites is 4. The Kier molecular flexibility index (Phi) is 3.93. The minimum atomic E-state index is -2.61. The van der Waals surface area contributed by atoms with E-state index in [9.17, 15) is 0 Å². The van der Waals surface area contributed by atoms with Gasteiger partial charge < -0.3 is 0 Å². The zero-order chi connectivity index (χ0) is 13.0. The molecule has 0 amide bonds. The molecule has 0 bridgehead atoms. The first-order chi connectivity index (χ1) is 8.66. The van der Waals surface area contributed by atoms with Crippen LogP contribution in [0.1, 0.15) is 0 Å². The molecular weight excluding hydrogens is 252 g/mol. The molecule has 92 valence electrons. The summed E-state index contributed by atoms with van der Waals surface area (Å²) in [6, 6.07) is 15.8. The van der Waals surface area contributed by atoms with E-state index in [0.29, 0.717) is 0 Å². The van der Waals surface area contributed by atoms with Gasteiger partial charge in [-0.1, -0.05) is 24.3 Å². The van der Waals surface area contributed by atoms with E-state index in [2.05, 4.69) is 9.97 Å². The van der Waals surface area contributed by atoms with Crippen LogP contribution in [0.25, 0.3) is 22.1 Å². The molecular formula is C12H10N2O3S. The predicted molar refractivity (Wildman–Crippen MR) is 70.4 cm³/mol. The lowest BCUT2D eigenvalue weighted by Crippen LogP contribution is -1.85. The molecule has 0 fully saturated rings. The van der Waals surface area contributed by atoms with Crippen LogP contribution in [0.3, 0.4) is 0 Å². The van der Waals surface area contributed by atoms with Crippen molar-refractivity contribution in [3.63, 3.8) is 0 Å². The van der Waals surface area contributed by atoms with Crippen molar-refractivity contribution in [1.29, 1.82) is 0 Å². The molecule has 3 aromatic rings. The maximum absolute atomic E-state index is 8.67. The van der Waals surface area contributed by atoms with Gasteiger partial charge in [-0.25, -0.2) is 9.97 Å². The molecule has 0 atom stereocenters. The molecule has 2 N–H and O–H groups in total. The molecule has 0 saturated heterocycles. The topological polar surface area (TPSA) is 83.3 Å². The van der Waals surface area contributed by atoms with E-state index in [1.807, 2.05) is 48.5 Å². The Morgan fingerprint density at radius 2 is 0.944 bits per heavy atom. The number of hydrogen-bond acceptors (Lipinski definition) is 3. The Labute approximate surface area is 106 Å². The van der Waals surface area contributed by atoms with Crippen molar-refractivity contribution in [2.45, 2.75) is 0 Å².